The van der Waals surface area contributed by atoms with E-state index in [2.05, 4.69) is 36.5 Å². The molecule has 1 N–H and O–H groups in total. The van der Waals surface area contributed by atoms with Gasteiger partial charge in [0, 0.05) is 12.0 Å². The van der Waals surface area contributed by atoms with Crippen LogP contribution in [0.1, 0.15) is 17.5 Å². The molecule has 1 saturated carbocycles. The van der Waals surface area contributed by atoms with E-state index in [-0.39, 0.29) is 0 Å². The third-order valence-corrected chi connectivity index (χ3v) is 3.66. The van der Waals surface area contributed by atoms with Crippen molar-refractivity contribution >= 4 is 0 Å². The van der Waals surface area contributed by atoms with Gasteiger partial charge >= 0.3 is 0 Å². The SMILES string of the molecule is Cc1cccc([C@@]23CNC[C@H]2C3)c1. The fourth-order valence-corrected chi connectivity index (χ4v) is 2.74. The first-order valence-electron chi connectivity index (χ1n) is 5.09. The molecule has 2 aliphatic rings. The molecule has 1 aliphatic carbocycles. The lowest BCUT2D eigenvalue weighted by Crippen LogP contribution is -2.19. The number of benzene rings is 1. The van der Waals surface area contributed by atoms with Crippen LogP contribution in [0.15, 0.2) is 24.3 Å². The van der Waals surface area contributed by atoms with Crippen LogP contribution in [-0.4, -0.2) is 13.1 Å². The van der Waals surface area contributed by atoms with Gasteiger partial charge in [-0.3, -0.25) is 0 Å². The number of rotatable bonds is 1. The average molecular weight is 173 g/mol. The first-order valence-corrected chi connectivity index (χ1v) is 5.09. The normalized spacial score (nSPS) is 35.9. The third-order valence-electron chi connectivity index (χ3n) is 3.66. The molecule has 0 bridgehead atoms. The van der Waals surface area contributed by atoms with Crippen molar-refractivity contribution in [1.29, 1.82) is 0 Å². The molecule has 2 atom stereocenters. The first kappa shape index (κ1) is 7.57. The second-order valence-corrected chi connectivity index (χ2v) is 4.56. The molecule has 0 radical (unpaired) electrons. The first-order chi connectivity index (χ1) is 6.31. The van der Waals surface area contributed by atoms with E-state index in [1.54, 1.807) is 5.56 Å². The third kappa shape index (κ3) is 0.969. The Hall–Kier alpha value is -0.820. The second-order valence-electron chi connectivity index (χ2n) is 4.56. The minimum absolute atomic E-state index is 0.534. The quantitative estimate of drug-likeness (QED) is 0.683. The van der Waals surface area contributed by atoms with Crippen LogP contribution in [0.25, 0.3) is 0 Å². The average Bonchev–Trinajstić information content (AvgIpc) is 2.70. The van der Waals surface area contributed by atoms with E-state index < -0.39 is 0 Å². The molecule has 0 amide bonds. The number of aryl methyl sites for hydroxylation is 1. The maximum absolute atomic E-state index is 3.48. The van der Waals surface area contributed by atoms with Gasteiger partial charge in [-0.15, -0.1) is 0 Å². The van der Waals surface area contributed by atoms with Gasteiger partial charge in [0.25, 0.3) is 0 Å². The van der Waals surface area contributed by atoms with E-state index in [0.717, 1.165) is 5.92 Å². The Labute approximate surface area is 79.2 Å². The molecule has 1 aromatic carbocycles. The molecule has 0 spiro atoms. The van der Waals surface area contributed by atoms with E-state index in [4.69, 9.17) is 0 Å². The van der Waals surface area contributed by atoms with Crippen molar-refractivity contribution < 1.29 is 0 Å². The van der Waals surface area contributed by atoms with Crippen LogP contribution >= 0.6 is 0 Å². The molecule has 1 saturated heterocycles. The van der Waals surface area contributed by atoms with Crippen molar-refractivity contribution in [3.05, 3.63) is 35.4 Å². The highest BCUT2D eigenvalue weighted by atomic mass is 15.0. The van der Waals surface area contributed by atoms with Gasteiger partial charge < -0.3 is 5.32 Å². The van der Waals surface area contributed by atoms with Gasteiger partial charge in [-0.25, -0.2) is 0 Å². The van der Waals surface area contributed by atoms with Gasteiger partial charge in [0.2, 0.25) is 0 Å². The van der Waals surface area contributed by atoms with Crippen LogP contribution in [-0.2, 0) is 5.41 Å². The van der Waals surface area contributed by atoms with Crippen LogP contribution < -0.4 is 5.32 Å². The smallest absolute Gasteiger partial charge is 0.0122 e. The lowest BCUT2D eigenvalue weighted by Gasteiger charge is -2.12. The van der Waals surface area contributed by atoms with Gasteiger partial charge in [-0.2, -0.15) is 0 Å². The Bertz CT molecular complexity index is 345. The number of hydrogen-bond acceptors (Lipinski definition) is 1. The number of piperidine rings is 1. The van der Waals surface area contributed by atoms with E-state index >= 15 is 0 Å². The Morgan fingerprint density at radius 2 is 2.38 bits per heavy atom. The maximum Gasteiger partial charge on any atom is 0.0122 e. The van der Waals surface area contributed by atoms with Crippen molar-refractivity contribution in [2.24, 2.45) is 5.92 Å². The van der Waals surface area contributed by atoms with Crippen molar-refractivity contribution in [2.45, 2.75) is 18.8 Å². The van der Waals surface area contributed by atoms with Crippen LogP contribution in [0, 0.1) is 12.8 Å². The summed E-state index contributed by atoms with van der Waals surface area (Å²) in [5.74, 6) is 0.925. The summed E-state index contributed by atoms with van der Waals surface area (Å²) in [6, 6.07) is 9.01. The molecule has 1 heteroatoms. The van der Waals surface area contributed by atoms with Crippen molar-refractivity contribution in [2.75, 3.05) is 13.1 Å². The summed E-state index contributed by atoms with van der Waals surface area (Å²) in [6.45, 7) is 4.61. The summed E-state index contributed by atoms with van der Waals surface area (Å²) < 4.78 is 0. The summed E-state index contributed by atoms with van der Waals surface area (Å²) in [5, 5.41) is 3.48. The Morgan fingerprint density at radius 3 is 3.00 bits per heavy atom. The highest BCUT2D eigenvalue weighted by Gasteiger charge is 2.57. The molecule has 13 heavy (non-hydrogen) atoms. The van der Waals surface area contributed by atoms with Crippen molar-refractivity contribution in [1.82, 2.24) is 5.32 Å². The summed E-state index contributed by atoms with van der Waals surface area (Å²) in [5.41, 5.74) is 3.48. The van der Waals surface area contributed by atoms with Crippen LogP contribution in [0.2, 0.25) is 0 Å². The van der Waals surface area contributed by atoms with Gasteiger partial charge in [0.1, 0.15) is 0 Å². The Kier molecular flexibility index (Phi) is 1.37. The standard InChI is InChI=1S/C12H15N/c1-9-3-2-4-10(5-9)12-6-11(12)7-13-8-12/h2-5,11,13H,6-8H2,1H3/t11-,12-/m1/s1. The second kappa shape index (κ2) is 2.36. The molecule has 0 aromatic heterocycles. The molecular formula is C12H15N. The highest BCUT2D eigenvalue weighted by Crippen LogP contribution is 2.56. The Morgan fingerprint density at radius 1 is 1.46 bits per heavy atom. The zero-order valence-corrected chi connectivity index (χ0v) is 8.01. The lowest BCUT2D eigenvalue weighted by atomic mass is 9.94. The monoisotopic (exact) mass is 173 g/mol. The predicted molar refractivity (Wildman–Crippen MR) is 53.8 cm³/mol. The predicted octanol–water partition coefficient (Wildman–Crippen LogP) is 1.86. The van der Waals surface area contributed by atoms with Crippen molar-refractivity contribution in [3.63, 3.8) is 0 Å². The van der Waals surface area contributed by atoms with Gasteiger partial charge in [-0.1, -0.05) is 29.8 Å². The minimum atomic E-state index is 0.534. The molecule has 0 unspecified atom stereocenters. The van der Waals surface area contributed by atoms with E-state index in [1.807, 2.05) is 0 Å². The van der Waals surface area contributed by atoms with E-state index in [1.165, 1.54) is 25.1 Å². The summed E-state index contributed by atoms with van der Waals surface area (Å²) in [7, 11) is 0. The molecule has 1 aromatic rings. The molecule has 1 aliphatic heterocycles. The summed E-state index contributed by atoms with van der Waals surface area (Å²) in [4.78, 5) is 0. The topological polar surface area (TPSA) is 12.0 Å². The largest absolute Gasteiger partial charge is 0.316 e. The fourth-order valence-electron chi connectivity index (χ4n) is 2.74. The molecule has 1 heterocycles. The van der Waals surface area contributed by atoms with Crippen LogP contribution in [0.4, 0.5) is 0 Å². The van der Waals surface area contributed by atoms with Crippen LogP contribution in [0.5, 0.6) is 0 Å². The molecule has 1 nitrogen and oxygen atoms in total. The molecular weight excluding hydrogens is 158 g/mol. The van der Waals surface area contributed by atoms with Gasteiger partial charge in [0.05, 0.1) is 0 Å². The van der Waals surface area contributed by atoms with Crippen LogP contribution in [0.3, 0.4) is 0 Å². The zero-order valence-electron chi connectivity index (χ0n) is 8.01. The van der Waals surface area contributed by atoms with Gasteiger partial charge in [0.15, 0.2) is 0 Å². The number of hydrogen-bond donors (Lipinski definition) is 1. The maximum atomic E-state index is 3.48. The summed E-state index contributed by atoms with van der Waals surface area (Å²) >= 11 is 0. The number of nitrogens with one attached hydrogen (secondary N) is 1. The zero-order chi connectivity index (χ0) is 8.89. The molecule has 68 valence electrons. The number of fused-ring (bicyclic) bond motifs is 1. The fraction of sp³-hybridized carbons (Fsp3) is 0.500. The highest BCUT2D eigenvalue weighted by molar-refractivity contribution is 5.38. The van der Waals surface area contributed by atoms with E-state index in [9.17, 15) is 0 Å². The minimum Gasteiger partial charge on any atom is -0.316 e. The lowest BCUT2D eigenvalue weighted by molar-refractivity contribution is 0.675. The molecule has 2 fully saturated rings. The Balaban J connectivity index is 2.01. The molecule has 3 rings (SSSR count). The van der Waals surface area contributed by atoms with Crippen molar-refractivity contribution in [3.8, 4) is 0 Å². The van der Waals surface area contributed by atoms with E-state index in [0.29, 0.717) is 5.41 Å². The summed E-state index contributed by atoms with van der Waals surface area (Å²) in [6.07, 6.45) is 1.41. The van der Waals surface area contributed by atoms with Gasteiger partial charge in [-0.05, 0) is 31.4 Å².